The van der Waals surface area contributed by atoms with Gasteiger partial charge < -0.3 is 25.3 Å². The highest BCUT2D eigenvalue weighted by Gasteiger charge is 2.55. The minimum atomic E-state index is -1.67. The first-order chi connectivity index (χ1) is 15.4. The quantitative estimate of drug-likeness (QED) is 0.690. The zero-order valence-electron chi connectivity index (χ0n) is 16.9. The van der Waals surface area contributed by atoms with E-state index in [0.717, 1.165) is 18.5 Å². The van der Waals surface area contributed by atoms with Gasteiger partial charge in [0.2, 0.25) is 12.7 Å². The smallest absolute Gasteiger partial charge is 0.283 e. The number of amides is 1. The Labute approximate surface area is 180 Å². The van der Waals surface area contributed by atoms with Crippen LogP contribution >= 0.6 is 0 Å². The minimum Gasteiger partial charge on any atom is -0.459 e. The van der Waals surface area contributed by atoms with E-state index in [0.29, 0.717) is 0 Å². The molecule has 4 rings (SSSR count). The second-order valence-corrected chi connectivity index (χ2v) is 7.38. The Morgan fingerprint density at radius 3 is 2.84 bits per heavy atom. The summed E-state index contributed by atoms with van der Waals surface area (Å²) in [6.45, 7) is -0.279. The molecule has 4 atom stereocenters. The van der Waals surface area contributed by atoms with E-state index in [9.17, 15) is 18.0 Å². The zero-order valence-corrected chi connectivity index (χ0v) is 16.9. The van der Waals surface area contributed by atoms with Gasteiger partial charge in [0.05, 0.1) is 31.0 Å². The van der Waals surface area contributed by atoms with E-state index in [1.165, 1.54) is 12.1 Å². The van der Waals surface area contributed by atoms with Gasteiger partial charge >= 0.3 is 0 Å². The van der Waals surface area contributed by atoms with E-state index in [4.69, 9.17) is 15.2 Å². The topological polar surface area (TPSA) is 121 Å². The van der Waals surface area contributed by atoms with Crippen LogP contribution in [0.3, 0.4) is 0 Å². The van der Waals surface area contributed by atoms with Crippen LogP contribution in [0.15, 0.2) is 35.6 Å². The molecule has 2 aromatic rings. The molecule has 0 unspecified atom stereocenters. The fourth-order valence-corrected chi connectivity index (χ4v) is 3.96. The SMILES string of the molecule is C[C@H]1OC[C@H]2[C@@H]1OC(N)=N[C@]2(CF)c1cc(NC(=O)c2cnc(OCF)cn2)ccc1F. The van der Waals surface area contributed by atoms with Crippen molar-refractivity contribution in [2.45, 2.75) is 24.7 Å². The van der Waals surface area contributed by atoms with Crippen LogP contribution in [0.5, 0.6) is 5.88 Å². The van der Waals surface area contributed by atoms with Gasteiger partial charge in [-0.2, -0.15) is 0 Å². The molecular formula is C20H20F3N5O4. The third kappa shape index (κ3) is 3.81. The lowest BCUT2D eigenvalue weighted by Gasteiger charge is -2.40. The number of rotatable bonds is 6. The molecule has 1 fully saturated rings. The van der Waals surface area contributed by atoms with E-state index in [1.54, 1.807) is 6.92 Å². The molecule has 0 saturated carbocycles. The summed E-state index contributed by atoms with van der Waals surface area (Å²) in [7, 11) is 0. The van der Waals surface area contributed by atoms with Gasteiger partial charge in [0, 0.05) is 11.3 Å². The van der Waals surface area contributed by atoms with Crippen molar-refractivity contribution in [3.8, 4) is 5.88 Å². The van der Waals surface area contributed by atoms with Crippen LogP contribution in [0.25, 0.3) is 0 Å². The van der Waals surface area contributed by atoms with Crippen molar-refractivity contribution in [3.05, 3.63) is 47.7 Å². The first-order valence-corrected chi connectivity index (χ1v) is 9.69. The number of amidine groups is 1. The summed E-state index contributed by atoms with van der Waals surface area (Å²) in [5, 5.41) is 2.55. The van der Waals surface area contributed by atoms with Crippen molar-refractivity contribution in [1.82, 2.24) is 9.97 Å². The van der Waals surface area contributed by atoms with Crippen molar-refractivity contribution < 1.29 is 32.2 Å². The van der Waals surface area contributed by atoms with Gasteiger partial charge in [-0.1, -0.05) is 0 Å². The maximum atomic E-state index is 14.9. The molecule has 170 valence electrons. The lowest BCUT2D eigenvalue weighted by Crippen LogP contribution is -2.51. The Balaban J connectivity index is 1.65. The number of nitrogens with zero attached hydrogens (tertiary/aromatic N) is 3. The van der Waals surface area contributed by atoms with Crippen LogP contribution in [-0.2, 0) is 15.0 Å². The molecule has 32 heavy (non-hydrogen) atoms. The summed E-state index contributed by atoms with van der Waals surface area (Å²) < 4.78 is 57.2. The molecule has 0 bridgehead atoms. The Kier molecular flexibility index (Phi) is 5.87. The van der Waals surface area contributed by atoms with Crippen molar-refractivity contribution in [2.24, 2.45) is 16.6 Å². The number of fused-ring (bicyclic) bond motifs is 1. The number of hydrogen-bond acceptors (Lipinski definition) is 8. The number of hydrogen-bond donors (Lipinski definition) is 2. The lowest BCUT2D eigenvalue weighted by atomic mass is 9.75. The van der Waals surface area contributed by atoms with Crippen LogP contribution in [0.4, 0.5) is 18.9 Å². The first kappa shape index (κ1) is 21.8. The van der Waals surface area contributed by atoms with Gasteiger partial charge in [0.1, 0.15) is 29.8 Å². The molecule has 1 aromatic heterocycles. The van der Waals surface area contributed by atoms with Gasteiger partial charge in [-0.3, -0.25) is 4.79 Å². The summed E-state index contributed by atoms with van der Waals surface area (Å²) in [5.74, 6) is -2.09. The fraction of sp³-hybridized carbons (Fsp3) is 0.400. The van der Waals surface area contributed by atoms with E-state index >= 15 is 0 Å². The largest absolute Gasteiger partial charge is 0.459 e. The molecule has 1 saturated heterocycles. The fourth-order valence-electron chi connectivity index (χ4n) is 3.96. The van der Waals surface area contributed by atoms with Crippen LogP contribution in [0.1, 0.15) is 23.0 Å². The molecule has 0 aliphatic carbocycles. The maximum Gasteiger partial charge on any atom is 0.283 e. The Bertz CT molecular complexity index is 1040. The van der Waals surface area contributed by atoms with E-state index in [1.807, 2.05) is 0 Å². The standard InChI is InChI=1S/C20H20F3N5O4/c1-10-17-13(7-30-10)20(8-21,28-19(24)32-17)12-4-11(2-3-14(12)23)27-18(29)15-5-26-16(6-25-15)31-9-22/h2-6,10,13,17H,7-9H2,1H3,(H2,24,28)(H,27,29)/t10-,13+,17-,20-/m1/s1. The normalized spacial score (nSPS) is 26.6. The van der Waals surface area contributed by atoms with Gasteiger partial charge in [-0.05, 0) is 25.1 Å². The number of halogens is 3. The average molecular weight is 451 g/mol. The molecule has 1 amide bonds. The highest BCUT2D eigenvalue weighted by Crippen LogP contribution is 2.46. The number of carbonyl (C=O) groups excluding carboxylic acids is 1. The van der Waals surface area contributed by atoms with E-state index in [-0.39, 0.29) is 41.6 Å². The minimum absolute atomic E-state index is 0.0875. The first-order valence-electron chi connectivity index (χ1n) is 9.69. The molecule has 2 aliphatic rings. The number of aromatic nitrogens is 2. The third-order valence-corrected chi connectivity index (χ3v) is 5.54. The van der Waals surface area contributed by atoms with Crippen molar-refractivity contribution in [3.63, 3.8) is 0 Å². The number of nitrogens with two attached hydrogens (primary N) is 1. The van der Waals surface area contributed by atoms with Gasteiger partial charge in [-0.15, -0.1) is 0 Å². The van der Waals surface area contributed by atoms with Gasteiger partial charge in [0.25, 0.3) is 11.9 Å². The maximum absolute atomic E-state index is 14.9. The number of ether oxygens (including phenoxy) is 3. The van der Waals surface area contributed by atoms with Gasteiger partial charge in [-0.25, -0.2) is 28.1 Å². The molecule has 1 aromatic carbocycles. The number of carbonyl (C=O) groups is 1. The van der Waals surface area contributed by atoms with Crippen LogP contribution in [-0.4, -0.2) is 54.2 Å². The molecule has 0 spiro atoms. The second kappa shape index (κ2) is 8.61. The molecule has 3 heterocycles. The molecular weight excluding hydrogens is 431 g/mol. The predicted octanol–water partition coefficient (Wildman–Crippen LogP) is 2.09. The Morgan fingerprint density at radius 1 is 1.34 bits per heavy atom. The summed E-state index contributed by atoms with van der Waals surface area (Å²) in [4.78, 5) is 24.2. The second-order valence-electron chi connectivity index (χ2n) is 7.38. The average Bonchev–Trinajstić information content (AvgIpc) is 3.16. The van der Waals surface area contributed by atoms with Crippen molar-refractivity contribution >= 4 is 17.6 Å². The summed E-state index contributed by atoms with van der Waals surface area (Å²) >= 11 is 0. The van der Waals surface area contributed by atoms with Gasteiger partial charge in [0.15, 0.2) is 0 Å². The van der Waals surface area contributed by atoms with Crippen molar-refractivity contribution in [2.75, 3.05) is 25.5 Å². The molecule has 3 N–H and O–H groups in total. The molecule has 0 radical (unpaired) electrons. The summed E-state index contributed by atoms with van der Waals surface area (Å²) in [6, 6.07) is 3.44. The summed E-state index contributed by atoms with van der Waals surface area (Å²) in [6.07, 6.45) is 1.21. The summed E-state index contributed by atoms with van der Waals surface area (Å²) in [5.41, 5.74) is 4.11. The third-order valence-electron chi connectivity index (χ3n) is 5.54. The number of anilines is 1. The Hall–Kier alpha value is -3.41. The van der Waals surface area contributed by atoms with Crippen molar-refractivity contribution in [1.29, 1.82) is 0 Å². The van der Waals surface area contributed by atoms with E-state index < -0.39 is 42.8 Å². The lowest BCUT2D eigenvalue weighted by molar-refractivity contribution is 0.0335. The highest BCUT2D eigenvalue weighted by molar-refractivity contribution is 6.02. The highest BCUT2D eigenvalue weighted by atomic mass is 19.1. The molecule has 12 heteroatoms. The Morgan fingerprint density at radius 2 is 2.16 bits per heavy atom. The van der Waals surface area contributed by atoms with Crippen LogP contribution in [0, 0.1) is 11.7 Å². The zero-order chi connectivity index (χ0) is 22.9. The monoisotopic (exact) mass is 451 g/mol. The number of alkyl halides is 2. The molecule has 2 aliphatic heterocycles. The predicted molar refractivity (Wildman–Crippen MR) is 106 cm³/mol. The number of nitrogens with one attached hydrogen (secondary N) is 1. The van der Waals surface area contributed by atoms with E-state index in [2.05, 4.69) is 25.0 Å². The molecule has 9 nitrogen and oxygen atoms in total. The number of aliphatic imine (C=N–C) groups is 1. The van der Waals surface area contributed by atoms with Crippen LogP contribution < -0.4 is 15.8 Å². The van der Waals surface area contributed by atoms with Crippen LogP contribution in [0.2, 0.25) is 0 Å². The number of benzene rings is 1.